The van der Waals surface area contributed by atoms with Crippen LogP contribution in [0.25, 0.3) is 0 Å². The number of hydrogen-bond acceptors (Lipinski definition) is 5. The number of ether oxygens (including phenoxy) is 1. The predicted molar refractivity (Wildman–Crippen MR) is 101 cm³/mol. The summed E-state index contributed by atoms with van der Waals surface area (Å²) in [6, 6.07) is 18.1. The lowest BCUT2D eigenvalue weighted by molar-refractivity contribution is 0.410. The van der Waals surface area contributed by atoms with Crippen molar-refractivity contribution in [1.82, 2.24) is 9.97 Å². The van der Waals surface area contributed by atoms with E-state index in [1.165, 1.54) is 5.56 Å². The number of aryl methyl sites for hydroxylation is 1. The fourth-order valence-electron chi connectivity index (χ4n) is 2.51. The second kappa shape index (κ2) is 8.15. The highest BCUT2D eigenvalue weighted by molar-refractivity contribution is 5.55. The monoisotopic (exact) mass is 334 g/mol. The molecule has 0 aliphatic rings. The quantitative estimate of drug-likeness (QED) is 0.670. The third-order valence-corrected chi connectivity index (χ3v) is 3.93. The molecule has 0 atom stereocenters. The van der Waals surface area contributed by atoms with E-state index in [0.29, 0.717) is 12.5 Å². The third kappa shape index (κ3) is 4.47. The van der Waals surface area contributed by atoms with Crippen molar-refractivity contribution >= 4 is 17.5 Å². The van der Waals surface area contributed by atoms with Gasteiger partial charge < -0.3 is 15.4 Å². The predicted octanol–water partition coefficient (Wildman–Crippen LogP) is 4.40. The summed E-state index contributed by atoms with van der Waals surface area (Å²) in [6.45, 7) is 2.77. The molecular formula is C20H22N4O. The maximum atomic E-state index is 5.37. The Bertz CT molecular complexity index is 818. The fraction of sp³-hybridized carbons (Fsp3) is 0.200. The maximum Gasteiger partial charge on any atom is 0.229 e. The summed E-state index contributed by atoms with van der Waals surface area (Å²) in [6.07, 6.45) is 2.76. The normalized spacial score (nSPS) is 10.3. The lowest BCUT2D eigenvalue weighted by Crippen LogP contribution is -2.05. The first-order valence-electron chi connectivity index (χ1n) is 8.33. The Morgan fingerprint density at radius 1 is 1.00 bits per heavy atom. The smallest absolute Gasteiger partial charge is 0.229 e. The van der Waals surface area contributed by atoms with Crippen LogP contribution in [-0.4, -0.2) is 17.1 Å². The van der Waals surface area contributed by atoms with Crippen molar-refractivity contribution in [3.05, 3.63) is 71.9 Å². The zero-order chi connectivity index (χ0) is 17.5. The van der Waals surface area contributed by atoms with Gasteiger partial charge in [0.25, 0.3) is 0 Å². The first-order chi connectivity index (χ1) is 12.3. The van der Waals surface area contributed by atoms with Crippen molar-refractivity contribution in [2.24, 2.45) is 0 Å². The fourth-order valence-corrected chi connectivity index (χ4v) is 2.51. The number of hydrogen-bond donors (Lipinski definition) is 2. The summed E-state index contributed by atoms with van der Waals surface area (Å²) >= 11 is 0. The second-order valence-corrected chi connectivity index (χ2v) is 5.61. The van der Waals surface area contributed by atoms with Crippen molar-refractivity contribution in [2.75, 3.05) is 17.7 Å². The molecule has 0 bridgehead atoms. The molecule has 5 nitrogen and oxygen atoms in total. The molecule has 0 unspecified atom stereocenters. The number of methoxy groups -OCH3 is 1. The Labute approximate surface area is 148 Å². The van der Waals surface area contributed by atoms with Gasteiger partial charge in [0.15, 0.2) is 0 Å². The topological polar surface area (TPSA) is 59.1 Å². The highest BCUT2D eigenvalue weighted by Crippen LogP contribution is 2.19. The van der Waals surface area contributed by atoms with Crippen LogP contribution in [0.4, 0.5) is 17.5 Å². The zero-order valence-corrected chi connectivity index (χ0v) is 14.5. The number of nitrogens with zero attached hydrogens (tertiary/aromatic N) is 2. The van der Waals surface area contributed by atoms with Crippen LogP contribution in [0.3, 0.4) is 0 Å². The van der Waals surface area contributed by atoms with Gasteiger partial charge in [-0.2, -0.15) is 4.98 Å². The lowest BCUT2D eigenvalue weighted by Gasteiger charge is -2.11. The minimum absolute atomic E-state index is 0.564. The third-order valence-electron chi connectivity index (χ3n) is 3.93. The number of benzene rings is 2. The average Bonchev–Trinajstić information content (AvgIpc) is 2.67. The van der Waals surface area contributed by atoms with Crippen LogP contribution in [0.15, 0.2) is 60.8 Å². The molecule has 1 heterocycles. The van der Waals surface area contributed by atoms with Crippen LogP contribution in [0.5, 0.6) is 5.75 Å². The molecule has 0 aliphatic carbocycles. The maximum absolute atomic E-state index is 5.37. The van der Waals surface area contributed by atoms with Crippen molar-refractivity contribution in [3.63, 3.8) is 0 Å². The molecule has 0 radical (unpaired) electrons. The van der Waals surface area contributed by atoms with Crippen molar-refractivity contribution in [3.8, 4) is 5.75 Å². The van der Waals surface area contributed by atoms with Crippen LogP contribution >= 0.6 is 0 Å². The molecule has 128 valence electrons. The first-order valence-corrected chi connectivity index (χ1v) is 8.33. The van der Waals surface area contributed by atoms with Gasteiger partial charge in [0.1, 0.15) is 11.6 Å². The van der Waals surface area contributed by atoms with E-state index in [0.717, 1.165) is 29.2 Å². The molecule has 2 aromatic carbocycles. The van der Waals surface area contributed by atoms with Gasteiger partial charge in [-0.25, -0.2) is 4.98 Å². The number of anilines is 3. The highest BCUT2D eigenvalue weighted by Gasteiger charge is 2.04. The zero-order valence-electron chi connectivity index (χ0n) is 14.5. The van der Waals surface area contributed by atoms with E-state index < -0.39 is 0 Å². The van der Waals surface area contributed by atoms with E-state index in [4.69, 9.17) is 4.74 Å². The molecule has 0 spiro atoms. The average molecular weight is 334 g/mol. The van der Waals surface area contributed by atoms with E-state index in [9.17, 15) is 0 Å². The van der Waals surface area contributed by atoms with Gasteiger partial charge in [-0.05, 0) is 36.2 Å². The van der Waals surface area contributed by atoms with Crippen LogP contribution in [0.1, 0.15) is 18.1 Å². The van der Waals surface area contributed by atoms with Crippen LogP contribution in [0, 0.1) is 0 Å². The lowest BCUT2D eigenvalue weighted by atomic mass is 10.1. The first kappa shape index (κ1) is 16.8. The molecule has 3 rings (SSSR count). The van der Waals surface area contributed by atoms with E-state index in [1.54, 1.807) is 13.3 Å². The summed E-state index contributed by atoms with van der Waals surface area (Å²) in [5.41, 5.74) is 3.35. The van der Waals surface area contributed by atoms with E-state index in [2.05, 4.69) is 39.7 Å². The molecule has 1 aromatic heterocycles. The molecule has 0 aliphatic heterocycles. The number of rotatable bonds is 7. The second-order valence-electron chi connectivity index (χ2n) is 5.61. The Morgan fingerprint density at radius 3 is 2.56 bits per heavy atom. The molecule has 3 aromatic rings. The molecule has 0 fully saturated rings. The molecule has 0 amide bonds. The van der Waals surface area contributed by atoms with E-state index in [-0.39, 0.29) is 0 Å². The number of aromatic nitrogens is 2. The highest BCUT2D eigenvalue weighted by atomic mass is 16.5. The Kier molecular flexibility index (Phi) is 5.46. The summed E-state index contributed by atoms with van der Waals surface area (Å²) in [5.74, 6) is 2.18. The summed E-state index contributed by atoms with van der Waals surface area (Å²) in [4.78, 5) is 8.79. The largest absolute Gasteiger partial charge is 0.496 e. The van der Waals surface area contributed by atoms with Gasteiger partial charge in [0.2, 0.25) is 5.95 Å². The van der Waals surface area contributed by atoms with Crippen molar-refractivity contribution < 1.29 is 4.74 Å². The summed E-state index contributed by atoms with van der Waals surface area (Å²) in [7, 11) is 1.68. The van der Waals surface area contributed by atoms with Gasteiger partial charge >= 0.3 is 0 Å². The summed E-state index contributed by atoms with van der Waals surface area (Å²) < 4.78 is 5.37. The minimum Gasteiger partial charge on any atom is -0.496 e. The number of nitrogens with one attached hydrogen (secondary N) is 2. The standard InChI is InChI=1S/C20H22N4O/c1-3-15-8-10-17(11-9-15)23-20-21-13-12-19(24-20)22-14-16-6-4-5-7-18(16)25-2/h4-13H,3,14H2,1-2H3,(H2,21,22,23,24). The van der Waals surface area contributed by atoms with Crippen LogP contribution in [-0.2, 0) is 13.0 Å². The van der Waals surface area contributed by atoms with Gasteiger partial charge in [0, 0.05) is 24.0 Å². The van der Waals surface area contributed by atoms with Gasteiger partial charge in [0.05, 0.1) is 7.11 Å². The Balaban J connectivity index is 1.66. The van der Waals surface area contributed by atoms with Gasteiger partial charge in [-0.15, -0.1) is 0 Å². The van der Waals surface area contributed by atoms with Crippen molar-refractivity contribution in [1.29, 1.82) is 0 Å². The Hall–Kier alpha value is -3.08. The van der Waals surface area contributed by atoms with Gasteiger partial charge in [-0.3, -0.25) is 0 Å². The molecular weight excluding hydrogens is 312 g/mol. The molecule has 25 heavy (non-hydrogen) atoms. The molecule has 2 N–H and O–H groups in total. The minimum atomic E-state index is 0.564. The van der Waals surface area contributed by atoms with Gasteiger partial charge in [-0.1, -0.05) is 37.3 Å². The molecule has 5 heteroatoms. The van der Waals surface area contributed by atoms with E-state index >= 15 is 0 Å². The Morgan fingerprint density at radius 2 is 1.80 bits per heavy atom. The SMILES string of the molecule is CCc1ccc(Nc2nccc(NCc3ccccc3OC)n2)cc1. The molecule has 0 saturated carbocycles. The van der Waals surface area contributed by atoms with Crippen LogP contribution in [0.2, 0.25) is 0 Å². The van der Waals surface area contributed by atoms with Crippen LogP contribution < -0.4 is 15.4 Å². The molecule has 0 saturated heterocycles. The van der Waals surface area contributed by atoms with E-state index in [1.807, 2.05) is 42.5 Å². The summed E-state index contributed by atoms with van der Waals surface area (Å²) in [5, 5.41) is 6.54. The van der Waals surface area contributed by atoms with Crippen molar-refractivity contribution in [2.45, 2.75) is 19.9 Å². The number of para-hydroxylation sites is 1.